The monoisotopic (exact) mass is 566 g/mol. The molecule has 0 aliphatic carbocycles. The van der Waals surface area contributed by atoms with E-state index in [0.29, 0.717) is 12.5 Å². The summed E-state index contributed by atoms with van der Waals surface area (Å²) in [5, 5.41) is 14.2. The summed E-state index contributed by atoms with van der Waals surface area (Å²) in [7, 11) is 0. The molecule has 38 heavy (non-hydrogen) atoms. The zero-order valence-corrected chi connectivity index (χ0v) is 19.8. The summed E-state index contributed by atoms with van der Waals surface area (Å²) in [5.74, 6) is -6.54. The van der Waals surface area contributed by atoms with Crippen LogP contribution in [0.25, 0.3) is 0 Å². The third kappa shape index (κ3) is 9.32. The van der Waals surface area contributed by atoms with E-state index in [-0.39, 0.29) is 5.41 Å². The SMILES string of the molecule is Fc1ccc(CN2C[C@@H]3COC[C@]3(CN3CCOCC3)C2)cc1F.O=C(O)C(F)(F)F.O=C(O)C(F)(F)F. The number of carboxylic acid groups (broad SMARTS) is 2. The van der Waals surface area contributed by atoms with Gasteiger partial charge in [-0.25, -0.2) is 18.4 Å². The topological polar surface area (TPSA) is 99.5 Å². The lowest BCUT2D eigenvalue weighted by atomic mass is 9.80. The van der Waals surface area contributed by atoms with Gasteiger partial charge in [-0.2, -0.15) is 26.3 Å². The maximum atomic E-state index is 13.4. The Kier molecular flexibility index (Phi) is 10.8. The van der Waals surface area contributed by atoms with Crippen LogP contribution in [0.2, 0.25) is 0 Å². The van der Waals surface area contributed by atoms with E-state index in [1.54, 1.807) is 6.07 Å². The standard InChI is InChI=1S/C18H24F2N2O2.2C2HF3O2/c19-16-2-1-14(7-17(16)20)8-22-9-15-10-24-13-18(15,12-22)11-21-3-5-23-6-4-21;2*3-2(4,5)1(6)7/h1-2,7,15H,3-6,8-13H2;2*(H,6,7)/t15-,18+;;/m1../s1. The molecule has 3 heterocycles. The van der Waals surface area contributed by atoms with Crippen LogP contribution in [0.5, 0.6) is 0 Å². The second-order valence-electron chi connectivity index (χ2n) is 8.99. The molecule has 0 bridgehead atoms. The van der Waals surface area contributed by atoms with E-state index in [1.807, 2.05) is 0 Å². The number of rotatable bonds is 4. The Labute approximate surface area is 211 Å². The number of aliphatic carboxylic acids is 2. The lowest BCUT2D eigenvalue weighted by Crippen LogP contribution is -2.47. The summed E-state index contributed by atoms with van der Waals surface area (Å²) < 4.78 is 101. The fourth-order valence-electron chi connectivity index (χ4n) is 4.39. The van der Waals surface area contributed by atoms with Gasteiger partial charge in [-0.3, -0.25) is 9.80 Å². The minimum absolute atomic E-state index is 0.163. The number of morpholine rings is 1. The van der Waals surface area contributed by atoms with Gasteiger partial charge in [0.25, 0.3) is 0 Å². The van der Waals surface area contributed by atoms with Gasteiger partial charge in [0.1, 0.15) is 0 Å². The lowest BCUT2D eigenvalue weighted by molar-refractivity contribution is -0.193. The molecule has 4 rings (SSSR count). The molecule has 0 aromatic heterocycles. The number of hydrogen-bond donors (Lipinski definition) is 2. The molecule has 0 amide bonds. The average molecular weight is 566 g/mol. The van der Waals surface area contributed by atoms with Gasteiger partial charge < -0.3 is 19.7 Å². The summed E-state index contributed by atoms with van der Waals surface area (Å²) in [4.78, 5) is 22.6. The first kappa shape index (κ1) is 31.7. The van der Waals surface area contributed by atoms with Crippen molar-refractivity contribution in [2.75, 3.05) is 59.2 Å². The van der Waals surface area contributed by atoms with E-state index in [0.717, 1.165) is 64.7 Å². The first-order chi connectivity index (χ1) is 17.5. The molecule has 0 saturated carbocycles. The van der Waals surface area contributed by atoms with Crippen molar-refractivity contribution >= 4 is 11.9 Å². The van der Waals surface area contributed by atoms with Gasteiger partial charge in [-0.05, 0) is 17.7 Å². The number of fused-ring (bicyclic) bond motifs is 1. The molecule has 2 atom stereocenters. The molecule has 0 unspecified atom stereocenters. The summed E-state index contributed by atoms with van der Waals surface area (Å²) in [6.45, 7) is 8.79. The van der Waals surface area contributed by atoms with Crippen molar-refractivity contribution in [1.29, 1.82) is 0 Å². The molecule has 3 fully saturated rings. The Morgan fingerprint density at radius 1 is 0.921 bits per heavy atom. The predicted octanol–water partition coefficient (Wildman–Crippen LogP) is 3.01. The Balaban J connectivity index is 0.000000301. The normalized spacial score (nSPS) is 24.1. The van der Waals surface area contributed by atoms with E-state index >= 15 is 0 Å². The van der Waals surface area contributed by atoms with Crippen LogP contribution in [0.4, 0.5) is 35.1 Å². The Bertz CT molecular complexity index is 931. The number of nitrogens with zero attached hydrogens (tertiary/aromatic N) is 2. The van der Waals surface area contributed by atoms with Gasteiger partial charge in [0.05, 0.1) is 26.4 Å². The van der Waals surface area contributed by atoms with Gasteiger partial charge in [-0.15, -0.1) is 0 Å². The summed E-state index contributed by atoms with van der Waals surface area (Å²) in [6, 6.07) is 4.21. The number of likely N-dealkylation sites (tertiary alicyclic amines) is 1. The zero-order chi connectivity index (χ0) is 28.7. The molecule has 3 saturated heterocycles. The summed E-state index contributed by atoms with van der Waals surface area (Å²) in [6.07, 6.45) is -10.2. The second-order valence-corrected chi connectivity index (χ2v) is 8.99. The molecular formula is C22H26F8N2O6. The van der Waals surface area contributed by atoms with Crippen LogP contribution in [0.3, 0.4) is 0 Å². The van der Waals surface area contributed by atoms with Gasteiger partial charge in [0, 0.05) is 50.6 Å². The van der Waals surface area contributed by atoms with Gasteiger partial charge >= 0.3 is 24.3 Å². The predicted molar refractivity (Wildman–Crippen MR) is 113 cm³/mol. The average Bonchev–Trinajstić information content (AvgIpc) is 3.32. The summed E-state index contributed by atoms with van der Waals surface area (Å²) in [5.41, 5.74) is 0.993. The van der Waals surface area contributed by atoms with Crippen LogP contribution in [0, 0.1) is 23.0 Å². The van der Waals surface area contributed by atoms with Crippen LogP contribution < -0.4 is 0 Å². The Hall–Kier alpha value is -2.56. The van der Waals surface area contributed by atoms with E-state index in [2.05, 4.69) is 9.80 Å². The Morgan fingerprint density at radius 3 is 1.97 bits per heavy atom. The first-order valence-corrected chi connectivity index (χ1v) is 11.2. The van der Waals surface area contributed by atoms with Crippen molar-refractivity contribution in [3.8, 4) is 0 Å². The number of ether oxygens (including phenoxy) is 2. The fraction of sp³-hybridized carbons (Fsp3) is 0.636. The number of halogens is 8. The molecule has 8 nitrogen and oxygen atoms in total. The molecule has 1 aromatic carbocycles. The first-order valence-electron chi connectivity index (χ1n) is 11.2. The molecule has 3 aliphatic rings. The molecule has 16 heteroatoms. The van der Waals surface area contributed by atoms with E-state index in [4.69, 9.17) is 29.3 Å². The smallest absolute Gasteiger partial charge is 0.475 e. The van der Waals surface area contributed by atoms with Gasteiger partial charge in [0.2, 0.25) is 0 Å². The number of carbonyl (C=O) groups is 2. The molecule has 0 radical (unpaired) electrons. The summed E-state index contributed by atoms with van der Waals surface area (Å²) >= 11 is 0. The lowest BCUT2D eigenvalue weighted by Gasteiger charge is -2.36. The van der Waals surface area contributed by atoms with Gasteiger partial charge in [0.15, 0.2) is 11.6 Å². The van der Waals surface area contributed by atoms with Crippen molar-refractivity contribution in [2.45, 2.75) is 18.9 Å². The van der Waals surface area contributed by atoms with E-state index in [1.165, 1.54) is 12.1 Å². The number of alkyl halides is 6. The van der Waals surface area contributed by atoms with Crippen LogP contribution >= 0.6 is 0 Å². The van der Waals surface area contributed by atoms with E-state index < -0.39 is 35.9 Å². The quantitative estimate of drug-likeness (QED) is 0.537. The largest absolute Gasteiger partial charge is 0.490 e. The van der Waals surface area contributed by atoms with Crippen LogP contribution in [-0.4, -0.2) is 103 Å². The van der Waals surface area contributed by atoms with E-state index in [9.17, 15) is 35.1 Å². The maximum absolute atomic E-state index is 13.4. The molecule has 3 aliphatic heterocycles. The minimum atomic E-state index is -5.08. The number of hydrogen-bond acceptors (Lipinski definition) is 6. The van der Waals surface area contributed by atoms with Crippen LogP contribution in [-0.2, 0) is 25.6 Å². The highest BCUT2D eigenvalue weighted by molar-refractivity contribution is 5.73. The molecule has 216 valence electrons. The highest BCUT2D eigenvalue weighted by Crippen LogP contribution is 2.42. The molecular weight excluding hydrogens is 540 g/mol. The van der Waals surface area contributed by atoms with Crippen molar-refractivity contribution in [3.05, 3.63) is 35.4 Å². The molecule has 1 aromatic rings. The van der Waals surface area contributed by atoms with Crippen LogP contribution in [0.1, 0.15) is 5.56 Å². The fourth-order valence-corrected chi connectivity index (χ4v) is 4.39. The molecule has 2 N–H and O–H groups in total. The van der Waals surface area contributed by atoms with Crippen LogP contribution in [0.15, 0.2) is 18.2 Å². The maximum Gasteiger partial charge on any atom is 0.490 e. The zero-order valence-electron chi connectivity index (χ0n) is 19.8. The highest BCUT2D eigenvalue weighted by atomic mass is 19.4. The Morgan fingerprint density at radius 2 is 1.47 bits per heavy atom. The third-order valence-corrected chi connectivity index (χ3v) is 6.11. The minimum Gasteiger partial charge on any atom is -0.475 e. The third-order valence-electron chi connectivity index (χ3n) is 6.11. The molecule has 0 spiro atoms. The highest BCUT2D eigenvalue weighted by Gasteiger charge is 2.51. The van der Waals surface area contributed by atoms with Crippen molar-refractivity contribution in [2.24, 2.45) is 11.3 Å². The van der Waals surface area contributed by atoms with Crippen molar-refractivity contribution < 1.29 is 64.4 Å². The van der Waals surface area contributed by atoms with Crippen molar-refractivity contribution in [3.63, 3.8) is 0 Å². The number of benzene rings is 1. The van der Waals surface area contributed by atoms with Gasteiger partial charge in [-0.1, -0.05) is 6.07 Å². The second kappa shape index (κ2) is 13.0. The number of carboxylic acids is 2. The van der Waals surface area contributed by atoms with Crippen molar-refractivity contribution in [1.82, 2.24) is 9.80 Å².